The predicted molar refractivity (Wildman–Crippen MR) is 132 cm³/mol. The molecule has 0 spiro atoms. The maximum absolute atomic E-state index is 14.3. The number of ketones is 1. The van der Waals surface area contributed by atoms with Gasteiger partial charge in [0, 0.05) is 22.6 Å². The molecule has 0 saturated heterocycles. The van der Waals surface area contributed by atoms with Crippen molar-refractivity contribution in [2.24, 2.45) is 0 Å². The maximum atomic E-state index is 14.3. The third-order valence-electron chi connectivity index (χ3n) is 6.08. The van der Waals surface area contributed by atoms with Crippen LogP contribution >= 0.6 is 11.6 Å². The van der Waals surface area contributed by atoms with Gasteiger partial charge in [-0.3, -0.25) is 9.36 Å². The summed E-state index contributed by atoms with van der Waals surface area (Å²) in [5.74, 6) is -1.37. The van der Waals surface area contributed by atoms with Gasteiger partial charge in [-0.25, -0.2) is 13.9 Å². The highest BCUT2D eigenvalue weighted by Crippen LogP contribution is 2.39. The summed E-state index contributed by atoms with van der Waals surface area (Å²) in [5, 5.41) is 4.55. The number of rotatable bonds is 8. The number of benzene rings is 3. The van der Waals surface area contributed by atoms with Crippen LogP contribution in [0, 0.1) is 5.82 Å². The molecule has 5 nitrogen and oxygen atoms in total. The standard InChI is InChI=1S/C27H19ClF7N3O2/c28-18-10-8-16(9-11-18)24-36-38(25(40)37(24)14-17-4-1-2-7-23(17)29)15-19(39)12-13-20-21(26(30,31)32)5-3-6-22(20)27(33,34)35/h1-11H,12-15H2. The van der Waals surface area contributed by atoms with Crippen molar-refractivity contribution >= 4 is 17.4 Å². The summed E-state index contributed by atoms with van der Waals surface area (Å²) in [4.78, 5) is 25.9. The van der Waals surface area contributed by atoms with E-state index in [1.807, 2.05) is 0 Å². The molecule has 40 heavy (non-hydrogen) atoms. The number of alkyl halides is 6. The zero-order valence-electron chi connectivity index (χ0n) is 20.4. The Labute approximate surface area is 227 Å². The Morgan fingerprint density at radius 3 is 2.02 bits per heavy atom. The lowest BCUT2D eigenvalue weighted by Crippen LogP contribution is -2.28. The zero-order valence-corrected chi connectivity index (χ0v) is 21.1. The lowest BCUT2D eigenvalue weighted by atomic mass is 9.95. The van der Waals surface area contributed by atoms with Crippen LogP contribution in [-0.2, 0) is 36.7 Å². The van der Waals surface area contributed by atoms with Gasteiger partial charge in [-0.05, 0) is 54.4 Å². The Bertz CT molecular complexity index is 1560. The molecule has 0 aliphatic rings. The van der Waals surface area contributed by atoms with Crippen LogP contribution in [0.5, 0.6) is 0 Å². The van der Waals surface area contributed by atoms with E-state index in [2.05, 4.69) is 5.10 Å². The highest BCUT2D eigenvalue weighted by molar-refractivity contribution is 6.30. The molecule has 0 atom stereocenters. The Hall–Kier alpha value is -3.93. The minimum Gasteiger partial charge on any atom is -0.298 e. The quantitative estimate of drug-likeness (QED) is 0.214. The fourth-order valence-corrected chi connectivity index (χ4v) is 4.32. The second-order valence-corrected chi connectivity index (χ2v) is 9.25. The number of Topliss-reactive ketones (excluding diaryl/α,β-unsaturated/α-hetero) is 1. The lowest BCUT2D eigenvalue weighted by Gasteiger charge is -2.18. The van der Waals surface area contributed by atoms with Gasteiger partial charge in [0.1, 0.15) is 12.4 Å². The van der Waals surface area contributed by atoms with E-state index in [4.69, 9.17) is 11.6 Å². The average molecular weight is 586 g/mol. The summed E-state index contributed by atoms with van der Waals surface area (Å²) in [7, 11) is 0. The summed E-state index contributed by atoms with van der Waals surface area (Å²) >= 11 is 5.93. The van der Waals surface area contributed by atoms with E-state index in [1.165, 1.54) is 30.3 Å². The van der Waals surface area contributed by atoms with E-state index in [-0.39, 0.29) is 17.9 Å². The van der Waals surface area contributed by atoms with Crippen molar-refractivity contribution in [2.75, 3.05) is 0 Å². The summed E-state index contributed by atoms with van der Waals surface area (Å²) in [6, 6.07) is 13.5. The molecule has 0 aliphatic heterocycles. The van der Waals surface area contributed by atoms with Crippen molar-refractivity contribution in [3.8, 4) is 11.4 Å². The molecule has 3 aromatic carbocycles. The third kappa shape index (κ3) is 6.44. The van der Waals surface area contributed by atoms with E-state index >= 15 is 0 Å². The molecule has 4 rings (SSSR count). The largest absolute Gasteiger partial charge is 0.416 e. The third-order valence-corrected chi connectivity index (χ3v) is 6.33. The number of hydrogen-bond acceptors (Lipinski definition) is 3. The van der Waals surface area contributed by atoms with Crippen LogP contribution in [0.1, 0.15) is 28.7 Å². The maximum Gasteiger partial charge on any atom is 0.416 e. The van der Waals surface area contributed by atoms with Gasteiger partial charge in [0.05, 0.1) is 17.7 Å². The van der Waals surface area contributed by atoms with E-state index in [0.717, 1.165) is 9.25 Å². The lowest BCUT2D eigenvalue weighted by molar-refractivity contribution is -0.144. The first-order valence-corrected chi connectivity index (χ1v) is 12.1. The predicted octanol–water partition coefficient (Wildman–Crippen LogP) is 6.79. The molecule has 1 heterocycles. The molecule has 0 bridgehead atoms. The highest BCUT2D eigenvalue weighted by Gasteiger charge is 2.40. The van der Waals surface area contributed by atoms with Gasteiger partial charge >= 0.3 is 18.0 Å². The summed E-state index contributed by atoms with van der Waals surface area (Å²) in [5.41, 5.74) is -4.33. The van der Waals surface area contributed by atoms with Crippen LogP contribution in [0.3, 0.4) is 0 Å². The molecule has 0 aliphatic carbocycles. The van der Waals surface area contributed by atoms with Crippen LogP contribution in [0.25, 0.3) is 11.4 Å². The molecular formula is C27H19ClF7N3O2. The molecule has 210 valence electrons. The van der Waals surface area contributed by atoms with Gasteiger partial charge in [-0.15, -0.1) is 5.10 Å². The zero-order chi connectivity index (χ0) is 29.2. The summed E-state index contributed by atoms with van der Waals surface area (Å²) in [6.07, 6.45) is -11.7. The Balaban J connectivity index is 1.64. The van der Waals surface area contributed by atoms with E-state index in [9.17, 15) is 40.3 Å². The van der Waals surface area contributed by atoms with Gasteiger partial charge in [-0.2, -0.15) is 26.3 Å². The summed E-state index contributed by atoms with van der Waals surface area (Å²) in [6.45, 7) is -0.981. The average Bonchev–Trinajstić information content (AvgIpc) is 3.18. The topological polar surface area (TPSA) is 56.9 Å². The number of carbonyl (C=O) groups excluding carboxylic acids is 1. The minimum atomic E-state index is -5.07. The van der Waals surface area contributed by atoms with Gasteiger partial charge in [-0.1, -0.05) is 35.9 Å². The fraction of sp³-hybridized carbons (Fsp3) is 0.222. The second-order valence-electron chi connectivity index (χ2n) is 8.81. The molecule has 0 amide bonds. The van der Waals surface area contributed by atoms with Crippen LogP contribution in [0.15, 0.2) is 71.5 Å². The molecule has 0 N–H and O–H groups in total. The first-order chi connectivity index (χ1) is 18.8. The molecule has 13 heteroatoms. The molecule has 0 radical (unpaired) electrons. The molecule has 0 unspecified atom stereocenters. The van der Waals surface area contributed by atoms with Crippen LogP contribution in [0.2, 0.25) is 5.02 Å². The van der Waals surface area contributed by atoms with E-state index in [1.54, 1.807) is 18.2 Å². The van der Waals surface area contributed by atoms with E-state index in [0.29, 0.717) is 28.8 Å². The van der Waals surface area contributed by atoms with Crippen molar-refractivity contribution in [3.63, 3.8) is 0 Å². The van der Waals surface area contributed by atoms with Crippen molar-refractivity contribution < 1.29 is 35.5 Å². The van der Waals surface area contributed by atoms with Crippen LogP contribution in [-0.4, -0.2) is 20.1 Å². The Morgan fingerprint density at radius 2 is 1.45 bits per heavy atom. The number of carbonyl (C=O) groups is 1. The number of halogens is 8. The Kier molecular flexibility index (Phi) is 8.20. The normalized spacial score (nSPS) is 12.1. The fourth-order valence-electron chi connectivity index (χ4n) is 4.19. The first kappa shape index (κ1) is 29.1. The molecular weight excluding hydrogens is 567 g/mol. The Morgan fingerprint density at radius 1 is 0.850 bits per heavy atom. The van der Waals surface area contributed by atoms with Crippen molar-refractivity contribution in [3.05, 3.63) is 110 Å². The van der Waals surface area contributed by atoms with Crippen molar-refractivity contribution in [1.82, 2.24) is 14.3 Å². The number of nitrogens with zero attached hydrogens (tertiary/aromatic N) is 3. The number of hydrogen-bond donors (Lipinski definition) is 0. The van der Waals surface area contributed by atoms with Gasteiger partial charge in [0.2, 0.25) is 0 Å². The number of aromatic nitrogens is 3. The summed E-state index contributed by atoms with van der Waals surface area (Å²) < 4.78 is 96.8. The van der Waals surface area contributed by atoms with Crippen molar-refractivity contribution in [2.45, 2.75) is 38.3 Å². The molecule has 0 fully saturated rings. The van der Waals surface area contributed by atoms with Gasteiger partial charge < -0.3 is 0 Å². The van der Waals surface area contributed by atoms with E-state index < -0.39 is 65.7 Å². The SMILES string of the molecule is O=C(CCc1c(C(F)(F)F)cccc1C(F)(F)F)Cn1nc(-c2ccc(Cl)cc2)n(Cc2ccccc2F)c1=O. The minimum absolute atomic E-state index is 0.0551. The van der Waals surface area contributed by atoms with Gasteiger partial charge in [0.25, 0.3) is 0 Å². The first-order valence-electron chi connectivity index (χ1n) is 11.7. The second kappa shape index (κ2) is 11.3. The van der Waals surface area contributed by atoms with Crippen molar-refractivity contribution in [1.29, 1.82) is 0 Å². The molecule has 1 aromatic heterocycles. The molecule has 4 aromatic rings. The van der Waals surface area contributed by atoms with Gasteiger partial charge in [0.15, 0.2) is 11.6 Å². The smallest absolute Gasteiger partial charge is 0.298 e. The molecule has 0 saturated carbocycles. The van der Waals surface area contributed by atoms with Crippen LogP contribution in [0.4, 0.5) is 30.7 Å². The monoisotopic (exact) mass is 585 g/mol. The highest BCUT2D eigenvalue weighted by atomic mass is 35.5. The van der Waals surface area contributed by atoms with Crippen LogP contribution < -0.4 is 5.69 Å².